The highest BCUT2D eigenvalue weighted by Gasteiger charge is 2.32. The molecule has 1 fully saturated rings. The fourth-order valence-corrected chi connectivity index (χ4v) is 5.21. The van der Waals surface area contributed by atoms with Crippen LogP contribution in [-0.2, 0) is 20.2 Å². The molecule has 11 heteroatoms. The number of hydrogen-bond acceptors (Lipinski definition) is 4. The summed E-state index contributed by atoms with van der Waals surface area (Å²) < 4.78 is 64.4. The molecule has 1 atom stereocenters. The minimum atomic E-state index is -3.89. The molecule has 0 aromatic heterocycles. The fraction of sp³-hybridized carbons (Fsp3) is 0.538. The van der Waals surface area contributed by atoms with E-state index in [1.165, 1.54) is 17.3 Å². The van der Waals surface area contributed by atoms with Gasteiger partial charge in [-0.1, -0.05) is 11.6 Å². The van der Waals surface area contributed by atoms with E-state index in [0.717, 1.165) is 6.07 Å². The van der Waals surface area contributed by atoms with Crippen molar-refractivity contribution >= 4 is 31.8 Å². The predicted octanol–water partition coefficient (Wildman–Crippen LogP) is 0.981. The first kappa shape index (κ1) is 19.5. The summed E-state index contributed by atoms with van der Waals surface area (Å²) in [6.45, 7) is 1.94. The van der Waals surface area contributed by atoms with Gasteiger partial charge in [0.05, 0.1) is 5.02 Å². The summed E-state index contributed by atoms with van der Waals surface area (Å²) >= 11 is 5.91. The highest BCUT2D eigenvalue weighted by molar-refractivity contribution is 7.89. The predicted molar refractivity (Wildman–Crippen MR) is 88.7 cm³/mol. The third-order valence-corrected chi connectivity index (χ3v) is 6.78. The molecule has 1 aromatic carbocycles. The average molecular weight is 400 g/mol. The maximum atomic E-state index is 13.5. The van der Waals surface area contributed by atoms with Crippen molar-refractivity contribution in [2.24, 2.45) is 11.1 Å². The normalized spacial score (nSPS) is 20.2. The van der Waals surface area contributed by atoms with Crippen molar-refractivity contribution in [3.8, 4) is 0 Å². The van der Waals surface area contributed by atoms with Crippen molar-refractivity contribution in [1.82, 2.24) is 9.03 Å². The number of halogens is 2. The monoisotopic (exact) mass is 399 g/mol. The van der Waals surface area contributed by atoms with Gasteiger partial charge in [-0.3, -0.25) is 0 Å². The van der Waals surface area contributed by atoms with Gasteiger partial charge in [-0.25, -0.2) is 22.7 Å². The number of sulfonamides is 1. The first-order valence-corrected chi connectivity index (χ1v) is 10.6. The Labute approximate surface area is 146 Å². The Morgan fingerprint density at radius 3 is 2.67 bits per heavy atom. The topological polar surface area (TPSA) is 110 Å². The van der Waals surface area contributed by atoms with Gasteiger partial charge in [0.25, 0.3) is 10.2 Å². The summed E-state index contributed by atoms with van der Waals surface area (Å²) in [4.78, 5) is -0.150. The minimum absolute atomic E-state index is 0.0566. The third-order valence-electron chi connectivity index (χ3n) is 3.89. The molecular formula is C13H19ClFN3O4S2. The highest BCUT2D eigenvalue weighted by Crippen LogP contribution is 2.30. The highest BCUT2D eigenvalue weighted by atomic mass is 35.5. The number of rotatable bonds is 5. The smallest absolute Gasteiger partial charge is 0.216 e. The van der Waals surface area contributed by atoms with E-state index < -0.39 is 26.0 Å². The molecule has 0 radical (unpaired) electrons. The van der Waals surface area contributed by atoms with Crippen LogP contribution in [0.15, 0.2) is 17.0 Å². The van der Waals surface area contributed by atoms with Crippen molar-refractivity contribution in [3.63, 3.8) is 0 Å². The van der Waals surface area contributed by atoms with Gasteiger partial charge in [-0.15, -0.1) is 0 Å². The lowest BCUT2D eigenvalue weighted by atomic mass is 10.0. The van der Waals surface area contributed by atoms with Gasteiger partial charge in [-0.05, 0) is 43.4 Å². The molecule has 0 spiro atoms. The molecule has 1 aromatic rings. The molecule has 0 aliphatic carbocycles. The summed E-state index contributed by atoms with van der Waals surface area (Å²) in [6.07, 6.45) is 1.25. The zero-order chi connectivity index (χ0) is 18.1. The molecule has 1 aliphatic rings. The van der Waals surface area contributed by atoms with Crippen molar-refractivity contribution < 1.29 is 21.2 Å². The SMILES string of the molecule is Cc1cc(S(=O)(=O)N2CCC[C@@H](CNS(N)(=O)=O)C2)c(Cl)cc1F. The van der Waals surface area contributed by atoms with Crippen LogP contribution in [0.2, 0.25) is 5.02 Å². The molecule has 0 saturated carbocycles. The minimum Gasteiger partial charge on any atom is -0.216 e. The molecule has 24 heavy (non-hydrogen) atoms. The van der Waals surface area contributed by atoms with Crippen LogP contribution >= 0.6 is 11.6 Å². The lowest BCUT2D eigenvalue weighted by Crippen LogP contribution is -2.44. The van der Waals surface area contributed by atoms with Gasteiger partial charge in [0.2, 0.25) is 10.0 Å². The fourth-order valence-electron chi connectivity index (χ4n) is 2.61. The molecule has 1 aliphatic heterocycles. The van der Waals surface area contributed by atoms with Crippen LogP contribution in [0.5, 0.6) is 0 Å². The molecular weight excluding hydrogens is 381 g/mol. The van der Waals surface area contributed by atoms with Crippen LogP contribution in [0.3, 0.4) is 0 Å². The van der Waals surface area contributed by atoms with Crippen LogP contribution in [0.25, 0.3) is 0 Å². The summed E-state index contributed by atoms with van der Waals surface area (Å²) in [5.41, 5.74) is 0.183. The first-order valence-electron chi connectivity index (χ1n) is 7.24. The molecule has 7 nitrogen and oxygen atoms in total. The Hall–Kier alpha value is -0.780. The largest absolute Gasteiger partial charge is 0.274 e. The lowest BCUT2D eigenvalue weighted by Gasteiger charge is -2.32. The van der Waals surface area contributed by atoms with E-state index >= 15 is 0 Å². The van der Waals surface area contributed by atoms with Crippen molar-refractivity contribution in [3.05, 3.63) is 28.5 Å². The van der Waals surface area contributed by atoms with Crippen LogP contribution in [0, 0.1) is 18.7 Å². The van der Waals surface area contributed by atoms with Gasteiger partial charge in [0.1, 0.15) is 10.7 Å². The summed E-state index contributed by atoms with van der Waals surface area (Å²) in [5.74, 6) is -0.778. The lowest BCUT2D eigenvalue weighted by molar-refractivity contribution is 0.267. The van der Waals surface area contributed by atoms with Crippen LogP contribution in [0.1, 0.15) is 18.4 Å². The first-order chi connectivity index (χ1) is 11.0. The number of benzene rings is 1. The number of nitrogens with one attached hydrogen (secondary N) is 1. The molecule has 136 valence electrons. The second-order valence-electron chi connectivity index (χ2n) is 5.80. The van der Waals surface area contributed by atoms with E-state index in [2.05, 4.69) is 4.72 Å². The molecule has 1 heterocycles. The van der Waals surface area contributed by atoms with Crippen molar-refractivity contribution in [2.45, 2.75) is 24.7 Å². The maximum absolute atomic E-state index is 13.5. The van der Waals surface area contributed by atoms with Crippen LogP contribution in [0.4, 0.5) is 4.39 Å². The standard InChI is InChI=1S/C13H19ClFN3O4S2/c1-9-5-13(11(14)6-12(9)15)23(19,20)18-4-2-3-10(8-18)7-17-24(16,21)22/h5-6,10,17H,2-4,7-8H2,1H3,(H2,16,21,22)/t10-/m0/s1. The maximum Gasteiger partial charge on any atom is 0.274 e. The Morgan fingerprint density at radius 2 is 2.04 bits per heavy atom. The number of piperidine rings is 1. The van der Waals surface area contributed by atoms with Crippen LogP contribution < -0.4 is 9.86 Å². The third kappa shape index (κ3) is 4.64. The Bertz CT molecular complexity index is 830. The van der Waals surface area contributed by atoms with E-state index in [0.29, 0.717) is 19.4 Å². The van der Waals surface area contributed by atoms with Crippen molar-refractivity contribution in [2.75, 3.05) is 19.6 Å². The zero-order valence-electron chi connectivity index (χ0n) is 13.0. The molecule has 3 N–H and O–H groups in total. The van der Waals surface area contributed by atoms with E-state index in [-0.39, 0.29) is 34.5 Å². The quantitative estimate of drug-likeness (QED) is 0.768. The van der Waals surface area contributed by atoms with Crippen LogP contribution in [-0.4, -0.2) is 40.8 Å². The summed E-state index contributed by atoms with van der Waals surface area (Å²) in [5, 5.41) is 4.71. The number of nitrogens with two attached hydrogens (primary N) is 1. The molecule has 0 amide bonds. The van der Waals surface area contributed by atoms with Gasteiger partial charge >= 0.3 is 0 Å². The average Bonchev–Trinajstić information content (AvgIpc) is 2.48. The van der Waals surface area contributed by atoms with Gasteiger partial charge < -0.3 is 0 Å². The Balaban J connectivity index is 2.21. The Kier molecular flexibility index (Phi) is 5.88. The van der Waals surface area contributed by atoms with Gasteiger partial charge in [0.15, 0.2) is 0 Å². The number of aryl methyl sites for hydroxylation is 1. The summed E-state index contributed by atoms with van der Waals surface area (Å²) in [6, 6.07) is 2.19. The van der Waals surface area contributed by atoms with E-state index in [1.807, 2.05) is 0 Å². The van der Waals surface area contributed by atoms with E-state index in [1.54, 1.807) is 0 Å². The Morgan fingerprint density at radius 1 is 1.38 bits per heavy atom. The van der Waals surface area contributed by atoms with Crippen molar-refractivity contribution in [1.29, 1.82) is 0 Å². The van der Waals surface area contributed by atoms with E-state index in [4.69, 9.17) is 16.7 Å². The molecule has 2 rings (SSSR count). The number of hydrogen-bond donors (Lipinski definition) is 2. The van der Waals surface area contributed by atoms with Gasteiger partial charge in [-0.2, -0.15) is 12.7 Å². The molecule has 0 unspecified atom stereocenters. The summed E-state index contributed by atoms with van der Waals surface area (Å²) in [7, 11) is -7.72. The second kappa shape index (κ2) is 7.22. The zero-order valence-corrected chi connectivity index (χ0v) is 15.4. The van der Waals surface area contributed by atoms with E-state index in [9.17, 15) is 21.2 Å². The van der Waals surface area contributed by atoms with Gasteiger partial charge in [0, 0.05) is 19.6 Å². The second-order valence-corrected chi connectivity index (χ2v) is 9.49. The molecule has 0 bridgehead atoms. The molecule has 1 saturated heterocycles. The number of nitrogens with zero attached hydrogens (tertiary/aromatic N) is 1.